The van der Waals surface area contributed by atoms with Crippen LogP contribution in [-0.4, -0.2) is 97.2 Å². The minimum Gasteiger partial charge on any atom is -0.480 e. The number of carboxylic acids is 1. The van der Waals surface area contributed by atoms with E-state index in [4.69, 9.17) is 9.47 Å². The van der Waals surface area contributed by atoms with Crippen molar-refractivity contribution >= 4 is 24.2 Å². The number of methoxy groups -OCH3 is 2. The molecule has 1 aromatic carbocycles. The van der Waals surface area contributed by atoms with Crippen LogP contribution < -0.4 is 5.32 Å². The third kappa shape index (κ3) is 8.76. The van der Waals surface area contributed by atoms with E-state index in [1.54, 1.807) is 30.9 Å². The van der Waals surface area contributed by atoms with Crippen LogP contribution in [0.3, 0.4) is 0 Å². The molecule has 0 aromatic heterocycles. The fourth-order valence-corrected chi connectivity index (χ4v) is 5.78. The van der Waals surface area contributed by atoms with Gasteiger partial charge in [0.15, 0.2) is 0 Å². The summed E-state index contributed by atoms with van der Waals surface area (Å²) in [6.07, 6.45) is 3.10. The van der Waals surface area contributed by atoms with Crippen molar-refractivity contribution in [3.05, 3.63) is 35.9 Å². The van der Waals surface area contributed by atoms with E-state index in [2.05, 4.69) is 5.32 Å². The lowest BCUT2D eigenvalue weighted by Gasteiger charge is -2.43. The van der Waals surface area contributed by atoms with E-state index in [1.165, 1.54) is 7.11 Å². The molecule has 40 heavy (non-hydrogen) atoms. The zero-order valence-corrected chi connectivity index (χ0v) is 24.7. The Bertz CT molecular complexity index is 960. The molecule has 1 saturated heterocycles. The number of carbonyl (C=O) groups is 4. The normalized spacial score (nSPS) is 19.9. The number of likely N-dealkylation sites (N-methyl/N-ethyl adjacent to an activating group) is 1. The van der Waals surface area contributed by atoms with Crippen LogP contribution >= 0.6 is 0 Å². The highest BCUT2D eigenvalue weighted by Crippen LogP contribution is 2.28. The molecule has 0 spiro atoms. The third-order valence-electron chi connectivity index (χ3n) is 8.25. The number of benzene rings is 1. The van der Waals surface area contributed by atoms with Gasteiger partial charge in [-0.25, -0.2) is 4.79 Å². The molecule has 10 nitrogen and oxygen atoms in total. The summed E-state index contributed by atoms with van der Waals surface area (Å²) in [6, 6.07) is 7.43. The van der Waals surface area contributed by atoms with Crippen molar-refractivity contribution in [3.63, 3.8) is 0 Å². The zero-order valence-electron chi connectivity index (χ0n) is 24.7. The van der Waals surface area contributed by atoms with Crippen molar-refractivity contribution in [1.82, 2.24) is 15.1 Å². The van der Waals surface area contributed by atoms with Crippen molar-refractivity contribution < 1.29 is 33.8 Å². The van der Waals surface area contributed by atoms with Crippen LogP contribution in [0.25, 0.3) is 0 Å². The van der Waals surface area contributed by atoms with Crippen LogP contribution in [-0.2, 0) is 35.1 Å². The van der Waals surface area contributed by atoms with Crippen molar-refractivity contribution in [3.8, 4) is 0 Å². The molecule has 2 N–H and O–H groups in total. The number of amides is 3. The number of nitrogens with zero attached hydrogens (tertiary/aromatic N) is 2. The molecule has 1 heterocycles. The highest BCUT2D eigenvalue weighted by atomic mass is 16.5. The number of hydrogen-bond donors (Lipinski definition) is 2. The monoisotopic (exact) mass is 561 g/mol. The first-order chi connectivity index (χ1) is 19.1. The maximum atomic E-state index is 13.7. The minimum absolute atomic E-state index is 0.0926. The second kappa shape index (κ2) is 16.3. The predicted molar refractivity (Wildman–Crippen MR) is 152 cm³/mol. The van der Waals surface area contributed by atoms with Crippen molar-refractivity contribution in [2.24, 2.45) is 11.8 Å². The molecule has 0 aliphatic carbocycles. The van der Waals surface area contributed by atoms with Crippen LogP contribution in [0.1, 0.15) is 58.4 Å². The van der Waals surface area contributed by atoms with Gasteiger partial charge >= 0.3 is 5.97 Å². The van der Waals surface area contributed by atoms with Crippen LogP contribution in [0.15, 0.2) is 30.3 Å². The van der Waals surface area contributed by atoms with Gasteiger partial charge in [0.2, 0.25) is 18.2 Å². The lowest BCUT2D eigenvalue weighted by molar-refractivity contribution is -0.149. The van der Waals surface area contributed by atoms with Crippen molar-refractivity contribution in [1.29, 1.82) is 0 Å². The minimum atomic E-state index is -1.12. The number of nitrogens with one attached hydrogen (secondary N) is 1. The van der Waals surface area contributed by atoms with Gasteiger partial charge in [-0.1, -0.05) is 57.5 Å². The largest absolute Gasteiger partial charge is 0.480 e. The molecule has 3 amide bonds. The number of piperidine rings is 1. The van der Waals surface area contributed by atoms with Crippen molar-refractivity contribution in [2.45, 2.75) is 89.6 Å². The van der Waals surface area contributed by atoms with Crippen LogP contribution in [0, 0.1) is 11.8 Å². The summed E-state index contributed by atoms with van der Waals surface area (Å²) in [6.45, 7) is 6.31. The van der Waals surface area contributed by atoms with Gasteiger partial charge in [0.25, 0.3) is 0 Å². The molecule has 1 fully saturated rings. The Kier molecular flexibility index (Phi) is 13.6. The second-order valence-electron chi connectivity index (χ2n) is 10.9. The molecule has 1 aromatic rings. The summed E-state index contributed by atoms with van der Waals surface area (Å²) < 4.78 is 11.6. The molecule has 1 aliphatic rings. The average molecular weight is 562 g/mol. The van der Waals surface area contributed by atoms with E-state index in [9.17, 15) is 24.3 Å². The van der Waals surface area contributed by atoms with Crippen LogP contribution in [0.4, 0.5) is 0 Å². The number of hydrogen-bond acceptors (Lipinski definition) is 6. The number of aliphatic carboxylic acids is 1. The number of carbonyl (C=O) groups excluding carboxylic acids is 3. The molecule has 7 atom stereocenters. The van der Waals surface area contributed by atoms with E-state index in [0.717, 1.165) is 31.2 Å². The van der Waals surface area contributed by atoms with Gasteiger partial charge in [0.05, 0.1) is 36.6 Å². The van der Waals surface area contributed by atoms with Crippen molar-refractivity contribution in [2.75, 3.05) is 27.8 Å². The summed E-state index contributed by atoms with van der Waals surface area (Å²) in [7, 11) is 4.77. The zero-order chi connectivity index (χ0) is 29.8. The van der Waals surface area contributed by atoms with E-state index >= 15 is 0 Å². The van der Waals surface area contributed by atoms with Gasteiger partial charge in [-0.2, -0.15) is 0 Å². The Morgan fingerprint density at radius 1 is 1.15 bits per heavy atom. The number of likely N-dealkylation sites (tertiary alicyclic amines) is 1. The molecule has 0 radical (unpaired) electrons. The lowest BCUT2D eigenvalue weighted by atomic mass is 9.87. The smallest absolute Gasteiger partial charge is 0.326 e. The molecule has 0 saturated carbocycles. The molecule has 224 valence electrons. The summed E-state index contributed by atoms with van der Waals surface area (Å²) in [5.74, 6) is -2.25. The fraction of sp³-hybridized carbons (Fsp3) is 0.667. The fourth-order valence-electron chi connectivity index (χ4n) is 5.78. The van der Waals surface area contributed by atoms with Gasteiger partial charge in [0, 0.05) is 34.2 Å². The molecular weight excluding hydrogens is 514 g/mol. The Hall–Kier alpha value is -2.98. The molecule has 2 rings (SSSR count). The topological polar surface area (TPSA) is 125 Å². The summed E-state index contributed by atoms with van der Waals surface area (Å²) in [5.41, 5.74) is 0.804. The maximum absolute atomic E-state index is 13.7. The third-order valence-corrected chi connectivity index (χ3v) is 8.25. The molecule has 1 aliphatic heterocycles. The Morgan fingerprint density at radius 2 is 1.82 bits per heavy atom. The van der Waals surface area contributed by atoms with E-state index in [0.29, 0.717) is 13.0 Å². The van der Waals surface area contributed by atoms with E-state index in [-0.39, 0.29) is 36.8 Å². The molecular formula is C30H47N3O7. The van der Waals surface area contributed by atoms with Gasteiger partial charge in [-0.05, 0) is 30.7 Å². The standard InChI is InChI=1S/C30H47N3O7/c1-7-20(2)27(32(4)19-34)25(39-5)18-26(35)33-16-12-11-15-24(33)28(40-6)21(3)29(36)31-23(30(37)38)17-22-13-9-8-10-14-22/h8-10,13-14,19-21,23-25,27-28H,7,11-12,15-18H2,1-6H3,(H,31,36)(H,37,38)/t20-,21+,23-,24-,25+,27-,28+/m0/s1. The molecule has 0 bridgehead atoms. The van der Waals surface area contributed by atoms with E-state index in [1.807, 2.05) is 44.2 Å². The predicted octanol–water partition coefficient (Wildman–Crippen LogP) is 2.74. The first-order valence-electron chi connectivity index (χ1n) is 14.2. The summed E-state index contributed by atoms with van der Waals surface area (Å²) in [4.78, 5) is 53.9. The Labute approximate surface area is 238 Å². The quantitative estimate of drug-likeness (QED) is 0.297. The highest BCUT2D eigenvalue weighted by Gasteiger charge is 2.40. The van der Waals surface area contributed by atoms with Gasteiger partial charge in [0.1, 0.15) is 6.04 Å². The van der Waals surface area contributed by atoms with Crippen LogP contribution in [0.5, 0.6) is 0 Å². The average Bonchev–Trinajstić information content (AvgIpc) is 2.96. The second-order valence-corrected chi connectivity index (χ2v) is 10.9. The first kappa shape index (κ1) is 33.2. The van der Waals surface area contributed by atoms with Crippen LogP contribution in [0.2, 0.25) is 0 Å². The SMILES string of the molecule is CC[C@H](C)[C@@H]([C@@H](CC(=O)N1CCCC[C@H]1[C@H](OC)[C@@H](C)C(=O)N[C@@H](Cc1ccccc1)C(=O)O)OC)N(C)C=O. The Morgan fingerprint density at radius 3 is 2.38 bits per heavy atom. The molecule has 0 unspecified atom stereocenters. The number of rotatable bonds is 16. The number of ether oxygens (including phenoxy) is 2. The number of carboxylic acid groups (broad SMARTS) is 1. The van der Waals surface area contributed by atoms with E-state index < -0.39 is 36.0 Å². The highest BCUT2D eigenvalue weighted by molar-refractivity contribution is 5.85. The lowest BCUT2D eigenvalue weighted by Crippen LogP contribution is -2.56. The summed E-state index contributed by atoms with van der Waals surface area (Å²) in [5, 5.41) is 12.4. The Balaban J connectivity index is 2.19. The maximum Gasteiger partial charge on any atom is 0.326 e. The first-order valence-corrected chi connectivity index (χ1v) is 14.2. The summed E-state index contributed by atoms with van der Waals surface area (Å²) >= 11 is 0. The van der Waals surface area contributed by atoms with Gasteiger partial charge in [-0.15, -0.1) is 0 Å². The van der Waals surface area contributed by atoms with Gasteiger partial charge in [-0.3, -0.25) is 14.4 Å². The molecule has 10 heteroatoms. The van der Waals surface area contributed by atoms with Gasteiger partial charge < -0.3 is 29.7 Å².